The van der Waals surface area contributed by atoms with E-state index in [1.54, 1.807) is 17.8 Å². The number of thioether (sulfide) groups is 1. The van der Waals surface area contributed by atoms with Gasteiger partial charge in [-0.15, -0.1) is 10.2 Å². The summed E-state index contributed by atoms with van der Waals surface area (Å²) in [6, 6.07) is 10.3. The SMILES string of the molecule is Cc1ccc(-n2cnnc2SC(C)C(=O)Nc2ccc(C(F)(F)F)cc2)c(C)c1. The highest BCUT2D eigenvalue weighted by Crippen LogP contribution is 2.30. The van der Waals surface area contributed by atoms with Crippen molar-refractivity contribution in [3.8, 4) is 5.69 Å². The summed E-state index contributed by atoms with van der Waals surface area (Å²) in [4.78, 5) is 12.5. The minimum absolute atomic E-state index is 0.297. The van der Waals surface area contributed by atoms with Gasteiger partial charge < -0.3 is 5.32 Å². The van der Waals surface area contributed by atoms with Crippen molar-refractivity contribution in [1.82, 2.24) is 14.8 Å². The fraction of sp³-hybridized carbons (Fsp3) is 0.250. The van der Waals surface area contributed by atoms with E-state index in [1.165, 1.54) is 23.9 Å². The minimum Gasteiger partial charge on any atom is -0.325 e. The number of anilines is 1. The maximum Gasteiger partial charge on any atom is 0.416 e. The van der Waals surface area contributed by atoms with Crippen LogP contribution in [0.2, 0.25) is 0 Å². The molecule has 0 aliphatic carbocycles. The lowest BCUT2D eigenvalue weighted by Crippen LogP contribution is -2.23. The van der Waals surface area contributed by atoms with Crippen molar-refractivity contribution in [2.45, 2.75) is 37.4 Å². The molecule has 0 saturated heterocycles. The van der Waals surface area contributed by atoms with Gasteiger partial charge in [0.2, 0.25) is 5.91 Å². The predicted molar refractivity (Wildman–Crippen MR) is 106 cm³/mol. The van der Waals surface area contributed by atoms with Gasteiger partial charge in [-0.1, -0.05) is 29.5 Å². The Bertz CT molecular complexity index is 1020. The molecule has 1 amide bonds. The summed E-state index contributed by atoms with van der Waals surface area (Å²) in [5.41, 5.74) is 2.63. The molecular weight excluding hydrogens is 401 g/mol. The van der Waals surface area contributed by atoms with Crippen molar-refractivity contribution in [3.05, 3.63) is 65.5 Å². The average molecular weight is 420 g/mol. The first-order valence-electron chi connectivity index (χ1n) is 8.77. The Kier molecular flexibility index (Phi) is 5.97. The molecular formula is C20H19F3N4OS. The molecule has 0 radical (unpaired) electrons. The number of benzene rings is 2. The van der Waals surface area contributed by atoms with Crippen LogP contribution in [0.25, 0.3) is 5.69 Å². The van der Waals surface area contributed by atoms with Crippen LogP contribution in [0.4, 0.5) is 18.9 Å². The first-order valence-corrected chi connectivity index (χ1v) is 9.65. The van der Waals surface area contributed by atoms with Gasteiger partial charge in [-0.2, -0.15) is 13.2 Å². The molecule has 1 heterocycles. The van der Waals surface area contributed by atoms with Crippen LogP contribution < -0.4 is 5.32 Å². The van der Waals surface area contributed by atoms with Gasteiger partial charge in [0.05, 0.1) is 16.5 Å². The van der Waals surface area contributed by atoms with Crippen molar-refractivity contribution in [2.75, 3.05) is 5.32 Å². The minimum atomic E-state index is -4.41. The van der Waals surface area contributed by atoms with Crippen LogP contribution in [0, 0.1) is 13.8 Å². The normalized spacial score (nSPS) is 12.6. The summed E-state index contributed by atoms with van der Waals surface area (Å²) in [6.45, 7) is 5.69. The van der Waals surface area contributed by atoms with Crippen LogP contribution in [0.5, 0.6) is 0 Å². The number of hydrogen-bond acceptors (Lipinski definition) is 4. The second-order valence-electron chi connectivity index (χ2n) is 6.60. The summed E-state index contributed by atoms with van der Waals surface area (Å²) in [6.07, 6.45) is -2.83. The van der Waals surface area contributed by atoms with E-state index in [4.69, 9.17) is 0 Å². The maximum atomic E-state index is 12.6. The Hall–Kier alpha value is -2.81. The number of carbonyl (C=O) groups is 1. The molecule has 1 unspecified atom stereocenters. The number of aryl methyl sites for hydroxylation is 2. The summed E-state index contributed by atoms with van der Waals surface area (Å²) in [7, 11) is 0. The molecule has 0 aliphatic heterocycles. The fourth-order valence-corrected chi connectivity index (χ4v) is 3.58. The zero-order valence-electron chi connectivity index (χ0n) is 16.0. The topological polar surface area (TPSA) is 59.8 Å². The predicted octanol–water partition coefficient (Wildman–Crippen LogP) is 5.02. The monoisotopic (exact) mass is 420 g/mol. The van der Waals surface area contributed by atoms with Gasteiger partial charge in [0.25, 0.3) is 0 Å². The average Bonchev–Trinajstić information content (AvgIpc) is 3.09. The third-order valence-corrected chi connectivity index (χ3v) is 5.32. The highest BCUT2D eigenvalue weighted by atomic mass is 32.2. The fourth-order valence-electron chi connectivity index (χ4n) is 2.74. The molecule has 1 aromatic heterocycles. The van der Waals surface area contributed by atoms with Gasteiger partial charge >= 0.3 is 6.18 Å². The molecule has 1 N–H and O–H groups in total. The standard InChI is InChI=1S/C20H19F3N4OS/c1-12-4-9-17(13(2)10-12)27-11-24-26-19(27)29-14(3)18(28)25-16-7-5-15(6-8-16)20(21,22)23/h4-11,14H,1-3H3,(H,25,28). The largest absolute Gasteiger partial charge is 0.416 e. The van der Waals surface area contributed by atoms with Crippen molar-refractivity contribution >= 4 is 23.4 Å². The van der Waals surface area contributed by atoms with Gasteiger partial charge in [-0.25, -0.2) is 0 Å². The van der Waals surface area contributed by atoms with Crippen molar-refractivity contribution in [2.24, 2.45) is 0 Å². The van der Waals surface area contributed by atoms with E-state index >= 15 is 0 Å². The number of amides is 1. The molecule has 3 aromatic rings. The third-order valence-electron chi connectivity index (χ3n) is 4.26. The van der Waals surface area contributed by atoms with E-state index in [1.807, 2.05) is 32.0 Å². The number of hydrogen-bond donors (Lipinski definition) is 1. The second-order valence-corrected chi connectivity index (χ2v) is 7.91. The Morgan fingerprint density at radius 3 is 2.45 bits per heavy atom. The van der Waals surface area contributed by atoms with Crippen molar-refractivity contribution in [1.29, 1.82) is 0 Å². The van der Waals surface area contributed by atoms with Gasteiger partial charge in [-0.05, 0) is 56.7 Å². The first kappa shape index (κ1) is 20.9. The molecule has 5 nitrogen and oxygen atoms in total. The molecule has 2 aromatic carbocycles. The smallest absolute Gasteiger partial charge is 0.325 e. The van der Waals surface area contributed by atoms with Crippen LogP contribution in [-0.4, -0.2) is 25.9 Å². The number of aromatic nitrogens is 3. The van der Waals surface area contributed by atoms with Gasteiger partial charge in [-0.3, -0.25) is 9.36 Å². The Labute approximate surface area is 170 Å². The van der Waals surface area contributed by atoms with Crippen molar-refractivity contribution in [3.63, 3.8) is 0 Å². The van der Waals surface area contributed by atoms with Crippen LogP contribution in [0.3, 0.4) is 0 Å². The Balaban J connectivity index is 1.70. The molecule has 0 fully saturated rings. The highest BCUT2D eigenvalue weighted by Gasteiger charge is 2.30. The number of rotatable bonds is 5. The molecule has 152 valence electrons. The van der Waals surface area contributed by atoms with E-state index in [0.717, 1.165) is 28.9 Å². The number of halogens is 3. The summed E-state index contributed by atoms with van der Waals surface area (Å²) < 4.78 is 39.7. The van der Waals surface area contributed by atoms with E-state index in [9.17, 15) is 18.0 Å². The molecule has 0 saturated carbocycles. The Morgan fingerprint density at radius 2 is 1.83 bits per heavy atom. The van der Waals surface area contributed by atoms with E-state index < -0.39 is 17.0 Å². The molecule has 1 atom stereocenters. The number of nitrogens with zero attached hydrogens (tertiary/aromatic N) is 3. The number of alkyl halides is 3. The lowest BCUT2D eigenvalue weighted by atomic mass is 10.1. The number of nitrogens with one attached hydrogen (secondary N) is 1. The summed E-state index contributed by atoms with van der Waals surface area (Å²) in [5, 5.41) is 10.7. The Morgan fingerprint density at radius 1 is 1.14 bits per heavy atom. The van der Waals surface area contributed by atoms with E-state index in [2.05, 4.69) is 15.5 Å². The third kappa shape index (κ3) is 4.97. The molecule has 0 bridgehead atoms. The summed E-state index contributed by atoms with van der Waals surface area (Å²) in [5.74, 6) is -0.343. The van der Waals surface area contributed by atoms with Crippen LogP contribution in [0.1, 0.15) is 23.6 Å². The molecule has 3 rings (SSSR count). The first-order chi connectivity index (χ1) is 13.6. The molecule has 9 heteroatoms. The van der Waals surface area contributed by atoms with Crippen LogP contribution >= 0.6 is 11.8 Å². The highest BCUT2D eigenvalue weighted by molar-refractivity contribution is 8.00. The van der Waals surface area contributed by atoms with Gasteiger partial charge in [0.1, 0.15) is 6.33 Å². The molecule has 29 heavy (non-hydrogen) atoms. The zero-order chi connectivity index (χ0) is 21.2. The van der Waals surface area contributed by atoms with E-state index in [-0.39, 0.29) is 5.91 Å². The van der Waals surface area contributed by atoms with Gasteiger partial charge in [0, 0.05) is 5.69 Å². The van der Waals surface area contributed by atoms with E-state index in [0.29, 0.717) is 10.8 Å². The van der Waals surface area contributed by atoms with Gasteiger partial charge in [0.15, 0.2) is 5.16 Å². The molecule has 0 aliphatic rings. The lowest BCUT2D eigenvalue weighted by Gasteiger charge is -2.14. The maximum absolute atomic E-state index is 12.6. The van der Waals surface area contributed by atoms with Crippen molar-refractivity contribution < 1.29 is 18.0 Å². The second kappa shape index (κ2) is 8.28. The summed E-state index contributed by atoms with van der Waals surface area (Å²) >= 11 is 1.22. The lowest BCUT2D eigenvalue weighted by molar-refractivity contribution is -0.137. The number of carbonyl (C=O) groups excluding carboxylic acids is 1. The van der Waals surface area contributed by atoms with Crippen LogP contribution in [-0.2, 0) is 11.0 Å². The molecule has 0 spiro atoms. The van der Waals surface area contributed by atoms with Crippen LogP contribution in [0.15, 0.2) is 53.9 Å². The quantitative estimate of drug-likeness (QED) is 0.589. The zero-order valence-corrected chi connectivity index (χ0v) is 16.8.